The van der Waals surface area contributed by atoms with Crippen LogP contribution >= 0.6 is 0 Å². The number of nitrogens with zero attached hydrogens (tertiary/aromatic N) is 4. The Morgan fingerprint density at radius 3 is 2.50 bits per heavy atom. The second-order valence-corrected chi connectivity index (χ2v) is 9.27. The molecule has 4 rings (SSSR count). The van der Waals surface area contributed by atoms with Crippen molar-refractivity contribution in [2.24, 2.45) is 0 Å². The number of benzene rings is 2. The molecule has 2 heterocycles. The molecule has 2 aromatic carbocycles. The van der Waals surface area contributed by atoms with Crippen molar-refractivity contribution in [3.05, 3.63) is 42.0 Å². The smallest absolute Gasteiger partial charge is 0.245 e. The van der Waals surface area contributed by atoms with Gasteiger partial charge >= 0.3 is 0 Å². The molecule has 32 heavy (non-hydrogen) atoms. The third-order valence-corrected chi connectivity index (χ3v) is 7.46. The molecule has 0 saturated carbocycles. The lowest BCUT2D eigenvalue weighted by Crippen LogP contribution is -2.50. The van der Waals surface area contributed by atoms with Crippen LogP contribution in [0.25, 0.3) is 11.0 Å². The van der Waals surface area contributed by atoms with Crippen LogP contribution in [0.4, 0.5) is 0 Å². The van der Waals surface area contributed by atoms with Crippen LogP contribution in [-0.4, -0.2) is 74.2 Å². The summed E-state index contributed by atoms with van der Waals surface area (Å²) in [5, 5.41) is 7.43. The van der Waals surface area contributed by atoms with E-state index in [4.69, 9.17) is 9.47 Å². The highest BCUT2D eigenvalue weighted by molar-refractivity contribution is 7.89. The molecule has 3 aromatic rings. The molecule has 0 N–H and O–H groups in total. The van der Waals surface area contributed by atoms with E-state index in [9.17, 15) is 13.2 Å². The zero-order chi connectivity index (χ0) is 22.7. The lowest BCUT2D eigenvalue weighted by molar-refractivity contribution is -0.132. The molecular formula is C21H24N4O6S. The van der Waals surface area contributed by atoms with Crippen molar-refractivity contribution in [1.29, 1.82) is 0 Å². The Labute approximate surface area is 185 Å². The molecule has 1 fully saturated rings. The highest BCUT2D eigenvalue weighted by Crippen LogP contribution is 2.28. The molecule has 1 aliphatic rings. The van der Waals surface area contributed by atoms with Gasteiger partial charge < -0.3 is 14.4 Å². The van der Waals surface area contributed by atoms with Crippen molar-refractivity contribution in [1.82, 2.24) is 19.5 Å². The average Bonchev–Trinajstić information content (AvgIpc) is 3.31. The number of ether oxygens (including phenoxy) is 2. The van der Waals surface area contributed by atoms with Gasteiger partial charge in [0.2, 0.25) is 15.9 Å². The molecular weight excluding hydrogens is 436 g/mol. The summed E-state index contributed by atoms with van der Waals surface area (Å²) in [6.45, 7) is 1.09. The summed E-state index contributed by atoms with van der Waals surface area (Å²) < 4.78 is 42.8. The quantitative estimate of drug-likeness (QED) is 0.523. The highest BCUT2D eigenvalue weighted by atomic mass is 32.2. The topological polar surface area (TPSA) is 115 Å². The standard InChI is InChI=1S/C21H24N4O6S/c1-29-17-8-6-15(14-18(17)30-2)7-9-20(26)24-10-12-25(13-11-24)32(27,28)19-5-3-4-16-21(19)23-31-22-16/h3-6,8,14H,7,9-13H2,1-2H3. The second-order valence-electron chi connectivity index (χ2n) is 7.36. The van der Waals surface area contributed by atoms with Gasteiger partial charge in [0.15, 0.2) is 17.0 Å². The van der Waals surface area contributed by atoms with Crippen molar-refractivity contribution < 1.29 is 27.3 Å². The monoisotopic (exact) mass is 460 g/mol. The number of rotatable bonds is 7. The second kappa shape index (κ2) is 9.13. The van der Waals surface area contributed by atoms with Crippen molar-refractivity contribution in [2.75, 3.05) is 40.4 Å². The van der Waals surface area contributed by atoms with E-state index in [1.54, 1.807) is 31.3 Å². The van der Waals surface area contributed by atoms with Crippen LogP contribution in [0.5, 0.6) is 11.5 Å². The van der Waals surface area contributed by atoms with Gasteiger partial charge in [-0.25, -0.2) is 13.0 Å². The Kier molecular flexibility index (Phi) is 6.28. The molecule has 1 saturated heterocycles. The first-order chi connectivity index (χ1) is 15.4. The van der Waals surface area contributed by atoms with Gasteiger partial charge in [0.05, 0.1) is 14.2 Å². The summed E-state index contributed by atoms with van der Waals surface area (Å²) in [4.78, 5) is 14.4. The van der Waals surface area contributed by atoms with Crippen molar-refractivity contribution in [3.63, 3.8) is 0 Å². The Morgan fingerprint density at radius 2 is 1.78 bits per heavy atom. The molecule has 0 spiro atoms. The van der Waals surface area contributed by atoms with E-state index in [0.717, 1.165) is 5.56 Å². The number of methoxy groups -OCH3 is 2. The maximum atomic E-state index is 13.1. The van der Waals surface area contributed by atoms with E-state index in [2.05, 4.69) is 14.9 Å². The summed E-state index contributed by atoms with van der Waals surface area (Å²) in [6, 6.07) is 10.3. The average molecular weight is 461 g/mol. The SMILES string of the molecule is COc1ccc(CCC(=O)N2CCN(S(=O)(=O)c3cccc4nonc34)CC2)cc1OC. The summed E-state index contributed by atoms with van der Waals surface area (Å²) in [7, 11) is -0.627. The lowest BCUT2D eigenvalue weighted by atomic mass is 10.1. The van der Waals surface area contributed by atoms with Crippen molar-refractivity contribution in [3.8, 4) is 11.5 Å². The fourth-order valence-electron chi connectivity index (χ4n) is 3.75. The predicted octanol–water partition coefficient (Wildman–Crippen LogP) is 1.71. The Bertz CT molecular complexity index is 1220. The van der Waals surface area contributed by atoms with Crippen LogP contribution in [0.3, 0.4) is 0 Å². The molecule has 10 nitrogen and oxygen atoms in total. The summed E-state index contributed by atoms with van der Waals surface area (Å²) in [5.41, 5.74) is 1.56. The summed E-state index contributed by atoms with van der Waals surface area (Å²) in [5.74, 6) is 1.24. The minimum atomic E-state index is -3.77. The van der Waals surface area contributed by atoms with E-state index >= 15 is 0 Å². The number of aryl methyl sites for hydroxylation is 1. The molecule has 0 unspecified atom stereocenters. The Balaban J connectivity index is 1.36. The van der Waals surface area contributed by atoms with Crippen LogP contribution in [0, 0.1) is 0 Å². The van der Waals surface area contributed by atoms with Crippen LogP contribution in [-0.2, 0) is 21.2 Å². The van der Waals surface area contributed by atoms with Crippen LogP contribution in [0.2, 0.25) is 0 Å². The van der Waals surface area contributed by atoms with Gasteiger partial charge in [-0.05, 0) is 46.6 Å². The first kappa shape index (κ1) is 22.0. The number of fused-ring (bicyclic) bond motifs is 1. The molecule has 0 atom stereocenters. The normalized spacial score (nSPS) is 15.1. The van der Waals surface area contributed by atoms with E-state index in [1.807, 2.05) is 18.2 Å². The third kappa shape index (κ3) is 4.26. The fraction of sp³-hybridized carbons (Fsp3) is 0.381. The molecule has 170 valence electrons. The maximum Gasteiger partial charge on any atom is 0.245 e. The van der Waals surface area contributed by atoms with E-state index in [0.29, 0.717) is 42.9 Å². The third-order valence-electron chi connectivity index (χ3n) is 5.53. The van der Waals surface area contributed by atoms with E-state index < -0.39 is 10.0 Å². The number of carbonyl (C=O) groups excluding carboxylic acids is 1. The zero-order valence-corrected chi connectivity index (χ0v) is 18.7. The number of piperazine rings is 1. The fourth-order valence-corrected chi connectivity index (χ4v) is 5.31. The van der Waals surface area contributed by atoms with Gasteiger partial charge in [-0.3, -0.25) is 4.79 Å². The van der Waals surface area contributed by atoms with Crippen molar-refractivity contribution in [2.45, 2.75) is 17.7 Å². The molecule has 1 amide bonds. The minimum absolute atomic E-state index is 0.0142. The zero-order valence-electron chi connectivity index (χ0n) is 17.9. The van der Waals surface area contributed by atoms with Gasteiger partial charge in [-0.15, -0.1) is 0 Å². The lowest BCUT2D eigenvalue weighted by Gasteiger charge is -2.34. The van der Waals surface area contributed by atoms with Gasteiger partial charge in [-0.1, -0.05) is 12.1 Å². The molecule has 1 aromatic heterocycles. The van der Waals surface area contributed by atoms with Gasteiger partial charge in [-0.2, -0.15) is 4.31 Å². The van der Waals surface area contributed by atoms with Crippen molar-refractivity contribution >= 4 is 27.0 Å². The number of amides is 1. The number of sulfonamides is 1. The first-order valence-corrected chi connectivity index (χ1v) is 11.6. The number of aromatic nitrogens is 2. The number of carbonyl (C=O) groups is 1. The van der Waals surface area contributed by atoms with Crippen LogP contribution < -0.4 is 9.47 Å². The van der Waals surface area contributed by atoms with Crippen LogP contribution in [0.1, 0.15) is 12.0 Å². The predicted molar refractivity (Wildman–Crippen MR) is 115 cm³/mol. The Hall–Kier alpha value is -3.18. The molecule has 0 aliphatic carbocycles. The summed E-state index contributed by atoms with van der Waals surface area (Å²) in [6.07, 6.45) is 0.880. The van der Waals surface area contributed by atoms with E-state index in [-0.39, 0.29) is 29.4 Å². The number of hydrogen-bond acceptors (Lipinski definition) is 8. The van der Waals surface area contributed by atoms with Gasteiger partial charge in [0.1, 0.15) is 10.4 Å². The molecule has 0 bridgehead atoms. The first-order valence-electron chi connectivity index (χ1n) is 10.1. The molecule has 1 aliphatic heterocycles. The highest BCUT2D eigenvalue weighted by Gasteiger charge is 2.32. The molecule has 0 radical (unpaired) electrons. The number of hydrogen-bond donors (Lipinski definition) is 0. The minimum Gasteiger partial charge on any atom is -0.493 e. The largest absolute Gasteiger partial charge is 0.493 e. The molecule has 11 heteroatoms. The van der Waals surface area contributed by atoms with Crippen LogP contribution in [0.15, 0.2) is 45.9 Å². The van der Waals surface area contributed by atoms with Gasteiger partial charge in [0.25, 0.3) is 0 Å². The summed E-state index contributed by atoms with van der Waals surface area (Å²) >= 11 is 0. The maximum absolute atomic E-state index is 13.1. The van der Waals surface area contributed by atoms with Gasteiger partial charge in [0, 0.05) is 32.6 Å². The van der Waals surface area contributed by atoms with E-state index in [1.165, 1.54) is 10.4 Å². The Morgan fingerprint density at radius 1 is 1.03 bits per heavy atom.